The van der Waals surface area contributed by atoms with Gasteiger partial charge < -0.3 is 15.2 Å². The summed E-state index contributed by atoms with van der Waals surface area (Å²) in [5.41, 5.74) is -0.911. The lowest BCUT2D eigenvalue weighted by atomic mass is 10.1. The molecule has 1 saturated carbocycles. The third-order valence-corrected chi connectivity index (χ3v) is 3.17. The third kappa shape index (κ3) is 4.19. The molecule has 0 radical (unpaired) electrons. The van der Waals surface area contributed by atoms with E-state index < -0.39 is 17.2 Å². The Labute approximate surface area is 104 Å². The molecule has 1 aliphatic rings. The van der Waals surface area contributed by atoms with Crippen LogP contribution in [0.15, 0.2) is 0 Å². The van der Waals surface area contributed by atoms with E-state index in [-0.39, 0.29) is 6.61 Å². The van der Waals surface area contributed by atoms with Gasteiger partial charge in [0.2, 0.25) is 0 Å². The normalized spacial score (nSPS) is 27.7. The molecule has 0 heterocycles. The highest BCUT2D eigenvalue weighted by atomic mass is 16.6. The van der Waals surface area contributed by atoms with Crippen molar-refractivity contribution in [1.29, 1.82) is 0 Å². The van der Waals surface area contributed by atoms with E-state index in [1.54, 1.807) is 0 Å². The second-order valence-electron chi connectivity index (χ2n) is 5.98. The highest BCUT2D eigenvalue weighted by Gasteiger charge is 2.54. The zero-order valence-electron chi connectivity index (χ0n) is 11.4. The molecule has 1 rings (SSSR count). The standard InChI is InChI=1S/C13H25NO3/c1-5-6-7-10-8-13(10,9-15)14-11(16)17-12(2,3)4/h10,15H,5-9H2,1-4H3,(H,14,16)/t10-,13+/m1/s1. The van der Waals surface area contributed by atoms with Gasteiger partial charge in [-0.3, -0.25) is 0 Å². The van der Waals surface area contributed by atoms with Crippen molar-refractivity contribution in [3.8, 4) is 0 Å². The monoisotopic (exact) mass is 243 g/mol. The molecule has 0 aromatic rings. The van der Waals surface area contributed by atoms with Gasteiger partial charge in [0, 0.05) is 0 Å². The maximum absolute atomic E-state index is 11.6. The average Bonchev–Trinajstić information content (AvgIpc) is 2.86. The summed E-state index contributed by atoms with van der Waals surface area (Å²) in [6, 6.07) is 0. The van der Waals surface area contributed by atoms with E-state index in [4.69, 9.17) is 4.74 Å². The Bertz CT molecular complexity index is 272. The van der Waals surface area contributed by atoms with Gasteiger partial charge in [-0.15, -0.1) is 0 Å². The van der Waals surface area contributed by atoms with Crippen molar-refractivity contribution >= 4 is 6.09 Å². The van der Waals surface area contributed by atoms with Crippen LogP contribution in [-0.4, -0.2) is 28.9 Å². The zero-order valence-corrected chi connectivity index (χ0v) is 11.4. The predicted octanol–water partition coefficient (Wildman–Crippen LogP) is 2.45. The SMILES string of the molecule is CCCC[C@@H]1C[C@@]1(CO)NC(=O)OC(C)(C)C. The first-order valence-corrected chi connectivity index (χ1v) is 6.45. The number of alkyl carbamates (subject to hydrolysis) is 1. The molecule has 0 aromatic carbocycles. The molecule has 1 amide bonds. The number of aliphatic hydroxyl groups is 1. The second-order valence-corrected chi connectivity index (χ2v) is 5.98. The molecule has 2 N–H and O–H groups in total. The third-order valence-electron chi connectivity index (χ3n) is 3.17. The van der Waals surface area contributed by atoms with Crippen LogP contribution in [0.3, 0.4) is 0 Å². The predicted molar refractivity (Wildman–Crippen MR) is 66.8 cm³/mol. The minimum atomic E-state index is -0.492. The van der Waals surface area contributed by atoms with Gasteiger partial charge in [0.1, 0.15) is 5.60 Å². The summed E-state index contributed by atoms with van der Waals surface area (Å²) >= 11 is 0. The number of ether oxygens (including phenoxy) is 1. The van der Waals surface area contributed by atoms with Gasteiger partial charge in [-0.2, -0.15) is 0 Å². The summed E-state index contributed by atoms with van der Waals surface area (Å²) in [4.78, 5) is 11.6. The molecule has 0 saturated heterocycles. The van der Waals surface area contributed by atoms with E-state index in [2.05, 4.69) is 12.2 Å². The van der Waals surface area contributed by atoms with Crippen molar-refractivity contribution in [2.75, 3.05) is 6.61 Å². The Morgan fingerprint density at radius 1 is 1.53 bits per heavy atom. The molecule has 0 bridgehead atoms. The highest BCUT2D eigenvalue weighted by Crippen LogP contribution is 2.46. The van der Waals surface area contributed by atoms with Gasteiger partial charge in [-0.05, 0) is 39.5 Å². The van der Waals surface area contributed by atoms with Crippen LogP contribution in [-0.2, 0) is 4.74 Å². The summed E-state index contributed by atoms with van der Waals surface area (Å²) in [5, 5.41) is 12.2. The largest absolute Gasteiger partial charge is 0.444 e. The molecule has 0 unspecified atom stereocenters. The smallest absolute Gasteiger partial charge is 0.408 e. The number of hydrogen-bond acceptors (Lipinski definition) is 3. The Hall–Kier alpha value is -0.770. The maximum Gasteiger partial charge on any atom is 0.408 e. The Kier molecular flexibility index (Phi) is 4.42. The van der Waals surface area contributed by atoms with Crippen molar-refractivity contribution in [3.05, 3.63) is 0 Å². The molecular formula is C13H25NO3. The van der Waals surface area contributed by atoms with Gasteiger partial charge in [0.25, 0.3) is 0 Å². The van der Waals surface area contributed by atoms with Gasteiger partial charge >= 0.3 is 6.09 Å². The van der Waals surface area contributed by atoms with Crippen molar-refractivity contribution < 1.29 is 14.6 Å². The quantitative estimate of drug-likeness (QED) is 0.779. The Morgan fingerprint density at radius 2 is 2.18 bits per heavy atom. The van der Waals surface area contributed by atoms with Crippen LogP contribution in [0.5, 0.6) is 0 Å². The van der Waals surface area contributed by atoms with E-state index in [0.717, 1.165) is 25.7 Å². The van der Waals surface area contributed by atoms with Crippen molar-refractivity contribution in [3.63, 3.8) is 0 Å². The molecule has 0 aliphatic heterocycles. The Morgan fingerprint density at radius 3 is 2.65 bits per heavy atom. The van der Waals surface area contributed by atoms with E-state index in [0.29, 0.717) is 5.92 Å². The number of carbonyl (C=O) groups is 1. The van der Waals surface area contributed by atoms with Crippen LogP contribution in [0.4, 0.5) is 4.79 Å². The molecule has 0 spiro atoms. The van der Waals surface area contributed by atoms with Gasteiger partial charge in [0.05, 0.1) is 12.1 Å². The molecule has 100 valence electrons. The summed E-state index contributed by atoms with van der Waals surface area (Å²) in [6.07, 6.45) is 3.79. The van der Waals surface area contributed by atoms with Crippen LogP contribution >= 0.6 is 0 Å². The molecule has 4 heteroatoms. The number of amides is 1. The molecule has 1 fully saturated rings. The van der Waals surface area contributed by atoms with E-state index in [9.17, 15) is 9.90 Å². The summed E-state index contributed by atoms with van der Waals surface area (Å²) < 4.78 is 5.21. The first-order chi connectivity index (χ1) is 7.83. The van der Waals surface area contributed by atoms with E-state index in [1.165, 1.54) is 0 Å². The molecule has 4 nitrogen and oxygen atoms in total. The number of rotatable bonds is 5. The van der Waals surface area contributed by atoms with Crippen LogP contribution in [0.2, 0.25) is 0 Å². The van der Waals surface area contributed by atoms with Crippen LogP contribution in [0, 0.1) is 5.92 Å². The fraction of sp³-hybridized carbons (Fsp3) is 0.923. The average molecular weight is 243 g/mol. The number of unbranched alkanes of at least 4 members (excludes halogenated alkanes) is 1. The number of carbonyl (C=O) groups excluding carboxylic acids is 1. The Balaban J connectivity index is 2.41. The van der Waals surface area contributed by atoms with E-state index in [1.807, 2.05) is 20.8 Å². The van der Waals surface area contributed by atoms with Crippen LogP contribution in [0.1, 0.15) is 53.4 Å². The summed E-state index contributed by atoms with van der Waals surface area (Å²) in [7, 11) is 0. The number of hydrogen-bond donors (Lipinski definition) is 2. The zero-order chi connectivity index (χ0) is 13.1. The highest BCUT2D eigenvalue weighted by molar-refractivity contribution is 5.69. The van der Waals surface area contributed by atoms with Crippen LogP contribution < -0.4 is 5.32 Å². The topological polar surface area (TPSA) is 58.6 Å². The molecule has 1 aliphatic carbocycles. The van der Waals surface area contributed by atoms with E-state index >= 15 is 0 Å². The second kappa shape index (κ2) is 5.25. The first-order valence-electron chi connectivity index (χ1n) is 6.45. The van der Waals surface area contributed by atoms with Gasteiger partial charge in [-0.1, -0.05) is 19.8 Å². The van der Waals surface area contributed by atoms with Gasteiger partial charge in [0.15, 0.2) is 0 Å². The lowest BCUT2D eigenvalue weighted by Gasteiger charge is -2.23. The maximum atomic E-state index is 11.6. The summed E-state index contributed by atoms with van der Waals surface area (Å²) in [6.45, 7) is 7.64. The fourth-order valence-electron chi connectivity index (χ4n) is 2.10. The lowest BCUT2D eigenvalue weighted by Crippen LogP contribution is -2.44. The van der Waals surface area contributed by atoms with Crippen molar-refractivity contribution in [1.82, 2.24) is 5.32 Å². The lowest BCUT2D eigenvalue weighted by molar-refractivity contribution is 0.0461. The van der Waals surface area contributed by atoms with Crippen molar-refractivity contribution in [2.45, 2.75) is 64.5 Å². The summed E-state index contributed by atoms with van der Waals surface area (Å²) in [5.74, 6) is 0.403. The molecule has 0 aromatic heterocycles. The molecule has 17 heavy (non-hydrogen) atoms. The number of nitrogens with one attached hydrogen (secondary N) is 1. The minimum Gasteiger partial charge on any atom is -0.444 e. The first kappa shape index (κ1) is 14.3. The molecular weight excluding hydrogens is 218 g/mol. The van der Waals surface area contributed by atoms with Crippen molar-refractivity contribution in [2.24, 2.45) is 5.92 Å². The minimum absolute atomic E-state index is 0.000619. The molecule has 2 atom stereocenters. The number of aliphatic hydroxyl groups excluding tert-OH is 1. The van der Waals surface area contributed by atoms with Crippen LogP contribution in [0.25, 0.3) is 0 Å². The van der Waals surface area contributed by atoms with Gasteiger partial charge in [-0.25, -0.2) is 4.79 Å². The fourth-order valence-corrected chi connectivity index (χ4v) is 2.10.